The van der Waals surface area contributed by atoms with Crippen LogP contribution in [-0.2, 0) is 4.74 Å². The number of rotatable bonds is 6. The Hall–Kier alpha value is -4.12. The molecule has 0 unspecified atom stereocenters. The van der Waals surface area contributed by atoms with E-state index < -0.39 is 5.97 Å². The van der Waals surface area contributed by atoms with Crippen LogP contribution in [-0.4, -0.2) is 25.5 Å². The van der Waals surface area contributed by atoms with Gasteiger partial charge in [-0.05, 0) is 54.0 Å². The third-order valence-corrected chi connectivity index (χ3v) is 5.03. The van der Waals surface area contributed by atoms with E-state index in [0.29, 0.717) is 29.2 Å². The lowest BCUT2D eigenvalue weighted by atomic mass is 10.0. The van der Waals surface area contributed by atoms with E-state index in [9.17, 15) is 9.59 Å². The first-order valence-electron chi connectivity index (χ1n) is 10.2. The average molecular weight is 426 g/mol. The molecule has 0 N–H and O–H groups in total. The highest BCUT2D eigenvalue weighted by atomic mass is 16.5. The molecular formula is C27H22O5. The number of carbonyl (C=O) groups is 2. The molecule has 0 bridgehead atoms. The minimum atomic E-state index is -0.411. The van der Waals surface area contributed by atoms with Crippen molar-refractivity contribution in [2.75, 3.05) is 13.7 Å². The van der Waals surface area contributed by atoms with Crippen LogP contribution >= 0.6 is 0 Å². The second-order valence-electron chi connectivity index (χ2n) is 7.29. The van der Waals surface area contributed by atoms with Crippen LogP contribution < -0.4 is 9.47 Å². The number of benzene rings is 3. The minimum absolute atomic E-state index is 0.176. The van der Waals surface area contributed by atoms with Crippen molar-refractivity contribution in [1.29, 1.82) is 0 Å². The number of Topliss-reactive ketones (excluding diaryl/α,β-unsaturated/α-hetero) is 1. The van der Waals surface area contributed by atoms with Crippen LogP contribution in [0.15, 0.2) is 78.6 Å². The van der Waals surface area contributed by atoms with Crippen molar-refractivity contribution in [3.63, 3.8) is 0 Å². The Morgan fingerprint density at radius 3 is 2.47 bits per heavy atom. The topological polar surface area (TPSA) is 61.8 Å². The monoisotopic (exact) mass is 426 g/mol. The summed E-state index contributed by atoms with van der Waals surface area (Å²) >= 11 is 0. The van der Waals surface area contributed by atoms with Crippen molar-refractivity contribution in [3.05, 3.63) is 106 Å². The average Bonchev–Trinajstić information content (AvgIpc) is 3.12. The number of hydrogen-bond acceptors (Lipinski definition) is 5. The van der Waals surface area contributed by atoms with E-state index in [1.54, 1.807) is 36.4 Å². The second kappa shape index (κ2) is 9.35. The van der Waals surface area contributed by atoms with Gasteiger partial charge in [-0.15, -0.1) is 0 Å². The quantitative estimate of drug-likeness (QED) is 0.385. The molecule has 0 fully saturated rings. The highest BCUT2D eigenvalue weighted by Crippen LogP contribution is 2.37. The van der Waals surface area contributed by atoms with Crippen LogP contribution in [0.4, 0.5) is 0 Å². The Morgan fingerprint density at radius 2 is 1.75 bits per heavy atom. The summed E-state index contributed by atoms with van der Waals surface area (Å²) in [5.41, 5.74) is 3.61. The van der Waals surface area contributed by atoms with Gasteiger partial charge in [0, 0.05) is 6.07 Å². The number of carbonyl (C=O) groups excluding carboxylic acids is 2. The van der Waals surface area contributed by atoms with Gasteiger partial charge >= 0.3 is 5.97 Å². The molecular weight excluding hydrogens is 404 g/mol. The summed E-state index contributed by atoms with van der Waals surface area (Å²) in [5, 5.41) is 0. The number of ketones is 1. The molecule has 32 heavy (non-hydrogen) atoms. The van der Waals surface area contributed by atoms with Gasteiger partial charge in [0.05, 0.1) is 18.2 Å². The van der Waals surface area contributed by atoms with Gasteiger partial charge in [0.2, 0.25) is 5.78 Å². The van der Waals surface area contributed by atoms with Crippen LogP contribution in [0, 0.1) is 6.92 Å². The molecule has 160 valence electrons. The number of allylic oxidation sites excluding steroid dienone is 1. The third-order valence-electron chi connectivity index (χ3n) is 5.03. The SMILES string of the molecule is COC(=O)c1ccc(/C=C2\Oc3cc(OC/C=C/c4ccccc4)cc(C)c3C2=O)cc1. The van der Waals surface area contributed by atoms with E-state index >= 15 is 0 Å². The molecule has 1 heterocycles. The maximum atomic E-state index is 12.9. The maximum Gasteiger partial charge on any atom is 0.337 e. The van der Waals surface area contributed by atoms with Crippen molar-refractivity contribution in [1.82, 2.24) is 0 Å². The van der Waals surface area contributed by atoms with Crippen molar-refractivity contribution < 1.29 is 23.8 Å². The molecule has 0 saturated carbocycles. The predicted octanol–water partition coefficient (Wildman–Crippen LogP) is 5.49. The predicted molar refractivity (Wildman–Crippen MR) is 123 cm³/mol. The van der Waals surface area contributed by atoms with E-state index in [1.807, 2.05) is 55.5 Å². The summed E-state index contributed by atoms with van der Waals surface area (Å²) < 4.78 is 16.4. The number of hydrogen-bond donors (Lipinski definition) is 0. The van der Waals surface area contributed by atoms with Gasteiger partial charge in [-0.25, -0.2) is 4.79 Å². The molecule has 1 aliphatic rings. The van der Waals surface area contributed by atoms with Crippen molar-refractivity contribution in [3.8, 4) is 11.5 Å². The van der Waals surface area contributed by atoms with Crippen LogP contribution in [0.2, 0.25) is 0 Å². The molecule has 0 radical (unpaired) electrons. The van der Waals surface area contributed by atoms with E-state index in [-0.39, 0.29) is 11.5 Å². The fourth-order valence-electron chi connectivity index (χ4n) is 3.44. The second-order valence-corrected chi connectivity index (χ2v) is 7.29. The van der Waals surface area contributed by atoms with E-state index in [2.05, 4.69) is 0 Å². The van der Waals surface area contributed by atoms with E-state index in [4.69, 9.17) is 14.2 Å². The summed E-state index contributed by atoms with van der Waals surface area (Å²) in [7, 11) is 1.33. The molecule has 0 spiro atoms. The van der Waals surface area contributed by atoms with Gasteiger partial charge in [-0.3, -0.25) is 4.79 Å². The number of esters is 1. The van der Waals surface area contributed by atoms with Crippen molar-refractivity contribution in [2.45, 2.75) is 6.92 Å². The van der Waals surface area contributed by atoms with Crippen LogP contribution in [0.25, 0.3) is 12.2 Å². The largest absolute Gasteiger partial charge is 0.489 e. The summed E-state index contributed by atoms with van der Waals surface area (Å²) in [6.07, 6.45) is 5.59. The summed E-state index contributed by atoms with van der Waals surface area (Å²) in [6.45, 7) is 2.26. The first-order chi connectivity index (χ1) is 15.5. The third kappa shape index (κ3) is 4.62. The molecule has 0 aromatic heterocycles. The van der Waals surface area contributed by atoms with Crippen LogP contribution in [0.3, 0.4) is 0 Å². The van der Waals surface area contributed by atoms with Gasteiger partial charge in [0.25, 0.3) is 0 Å². The number of methoxy groups -OCH3 is 1. The zero-order chi connectivity index (χ0) is 22.5. The first-order valence-corrected chi connectivity index (χ1v) is 10.2. The van der Waals surface area contributed by atoms with Gasteiger partial charge in [0.1, 0.15) is 18.1 Å². The number of aryl methyl sites for hydroxylation is 1. The fourth-order valence-corrected chi connectivity index (χ4v) is 3.44. The highest BCUT2D eigenvalue weighted by Gasteiger charge is 2.30. The molecule has 5 heteroatoms. The Labute approximate surface area is 186 Å². The van der Waals surface area contributed by atoms with Crippen molar-refractivity contribution in [2.24, 2.45) is 0 Å². The lowest BCUT2D eigenvalue weighted by molar-refractivity contribution is 0.0600. The molecule has 4 rings (SSSR count). The maximum absolute atomic E-state index is 12.9. The Kier molecular flexibility index (Phi) is 6.17. The lowest BCUT2D eigenvalue weighted by Crippen LogP contribution is -2.01. The molecule has 1 aliphatic heterocycles. The molecule has 0 atom stereocenters. The zero-order valence-electron chi connectivity index (χ0n) is 17.8. The standard InChI is InChI=1S/C27H22O5/c1-18-15-22(31-14-6-9-19-7-4-3-5-8-19)17-23-25(18)26(28)24(32-23)16-20-10-12-21(13-11-20)27(29)30-2/h3-13,15-17H,14H2,1-2H3/b9-6+,24-16-. The van der Waals surface area contributed by atoms with Crippen LogP contribution in [0.5, 0.6) is 11.5 Å². The van der Waals surface area contributed by atoms with Crippen molar-refractivity contribution >= 4 is 23.9 Å². The molecule has 3 aromatic rings. The normalized spacial score (nSPS) is 13.8. The van der Waals surface area contributed by atoms with Gasteiger partial charge in [-0.1, -0.05) is 48.5 Å². The van der Waals surface area contributed by atoms with Gasteiger partial charge in [-0.2, -0.15) is 0 Å². The summed E-state index contributed by atoms with van der Waals surface area (Å²) in [6, 6.07) is 20.3. The number of ether oxygens (including phenoxy) is 3. The first kappa shape index (κ1) is 21.1. The smallest absolute Gasteiger partial charge is 0.337 e. The zero-order valence-corrected chi connectivity index (χ0v) is 17.8. The van der Waals surface area contributed by atoms with Gasteiger partial charge in [0.15, 0.2) is 5.76 Å². The molecule has 0 amide bonds. The molecule has 0 aliphatic carbocycles. The summed E-state index contributed by atoms with van der Waals surface area (Å²) in [4.78, 5) is 24.4. The summed E-state index contributed by atoms with van der Waals surface area (Å²) in [5.74, 6) is 0.761. The van der Waals surface area contributed by atoms with Gasteiger partial charge < -0.3 is 14.2 Å². The highest BCUT2D eigenvalue weighted by molar-refractivity contribution is 6.15. The fraction of sp³-hybridized carbons (Fsp3) is 0.111. The molecule has 3 aromatic carbocycles. The van der Waals surface area contributed by atoms with E-state index in [0.717, 1.165) is 16.7 Å². The molecule has 0 saturated heterocycles. The van der Waals surface area contributed by atoms with E-state index in [1.165, 1.54) is 7.11 Å². The Balaban J connectivity index is 1.47. The molecule has 5 nitrogen and oxygen atoms in total. The minimum Gasteiger partial charge on any atom is -0.489 e. The Morgan fingerprint density at radius 1 is 1.00 bits per heavy atom. The van der Waals surface area contributed by atoms with Crippen LogP contribution in [0.1, 0.15) is 37.4 Å². The Bertz CT molecular complexity index is 1200. The number of fused-ring (bicyclic) bond motifs is 1. The lowest BCUT2D eigenvalue weighted by Gasteiger charge is -2.07.